The summed E-state index contributed by atoms with van der Waals surface area (Å²) in [6.45, 7) is 0. The van der Waals surface area contributed by atoms with Gasteiger partial charge in [0.25, 0.3) is 0 Å². The summed E-state index contributed by atoms with van der Waals surface area (Å²) in [7, 11) is 0. The molecule has 1 rings (SSSR count). The summed E-state index contributed by atoms with van der Waals surface area (Å²) in [5.74, 6) is 0. The van der Waals surface area contributed by atoms with Crippen LogP contribution in [0.2, 0.25) is 0 Å². The number of carbonyl (C=O) groups is 1. The normalized spacial score (nSPS) is 12.5. The number of hydrogen-bond acceptors (Lipinski definition) is 3. The summed E-state index contributed by atoms with van der Waals surface area (Å²) in [6, 6.07) is 8.11. The smallest absolute Gasteiger partial charge is 0.405 e. The van der Waals surface area contributed by atoms with E-state index in [-0.39, 0.29) is 6.42 Å². The van der Waals surface area contributed by atoms with Gasteiger partial charge in [-0.2, -0.15) is 0 Å². The molecular weight excluding hydrogens is 198 g/mol. The number of aliphatic hydroxyl groups is 2. The second-order valence-corrected chi connectivity index (χ2v) is 3.16. The van der Waals surface area contributed by atoms with Crippen molar-refractivity contribution in [2.45, 2.75) is 18.8 Å². The molecule has 1 unspecified atom stereocenters. The van der Waals surface area contributed by atoms with Gasteiger partial charge in [0, 0.05) is 0 Å². The average molecular weight is 211 g/mol. The third kappa shape index (κ3) is 3.97. The van der Waals surface area contributed by atoms with Gasteiger partial charge in [-0.05, 0) is 12.0 Å². The van der Waals surface area contributed by atoms with E-state index in [4.69, 9.17) is 15.3 Å². The molecule has 0 aromatic heterocycles. The van der Waals surface area contributed by atoms with Crippen LogP contribution in [0.3, 0.4) is 0 Å². The van der Waals surface area contributed by atoms with Crippen molar-refractivity contribution in [1.29, 1.82) is 0 Å². The SMILES string of the molecule is O=C(O)NC(Cc1ccccc1)C(O)O. The first-order valence-electron chi connectivity index (χ1n) is 4.49. The Morgan fingerprint density at radius 2 is 1.87 bits per heavy atom. The fourth-order valence-corrected chi connectivity index (χ4v) is 1.26. The molecule has 0 aliphatic rings. The van der Waals surface area contributed by atoms with Crippen molar-refractivity contribution in [3.05, 3.63) is 35.9 Å². The first kappa shape index (κ1) is 11.5. The molecule has 0 saturated carbocycles. The van der Waals surface area contributed by atoms with Gasteiger partial charge in [-0.3, -0.25) is 0 Å². The summed E-state index contributed by atoms with van der Waals surface area (Å²) in [5, 5.41) is 28.4. The van der Waals surface area contributed by atoms with Gasteiger partial charge in [-0.25, -0.2) is 4.79 Å². The molecule has 0 aliphatic carbocycles. The number of carboxylic acid groups (broad SMARTS) is 1. The van der Waals surface area contributed by atoms with Gasteiger partial charge in [0.2, 0.25) is 0 Å². The zero-order valence-corrected chi connectivity index (χ0v) is 8.00. The zero-order valence-electron chi connectivity index (χ0n) is 8.00. The van der Waals surface area contributed by atoms with Crippen LogP contribution in [0, 0.1) is 0 Å². The standard InChI is InChI=1S/C10H13NO4/c12-9(13)8(11-10(14)15)6-7-4-2-1-3-5-7/h1-5,8-9,11-13H,6H2,(H,14,15). The third-order valence-corrected chi connectivity index (χ3v) is 1.97. The minimum Gasteiger partial charge on any atom is -0.465 e. The van der Waals surface area contributed by atoms with Crippen molar-refractivity contribution in [1.82, 2.24) is 5.32 Å². The maximum Gasteiger partial charge on any atom is 0.405 e. The van der Waals surface area contributed by atoms with Crippen LogP contribution in [0.5, 0.6) is 0 Å². The molecule has 1 aromatic carbocycles. The highest BCUT2D eigenvalue weighted by atomic mass is 16.5. The molecule has 0 radical (unpaired) electrons. The molecule has 0 bridgehead atoms. The van der Waals surface area contributed by atoms with E-state index in [2.05, 4.69) is 0 Å². The van der Waals surface area contributed by atoms with Crippen molar-refractivity contribution in [2.75, 3.05) is 0 Å². The molecule has 1 amide bonds. The van der Waals surface area contributed by atoms with Crippen LogP contribution in [0.25, 0.3) is 0 Å². The van der Waals surface area contributed by atoms with Gasteiger partial charge >= 0.3 is 6.09 Å². The molecule has 0 saturated heterocycles. The quantitative estimate of drug-likeness (QED) is 0.535. The van der Waals surface area contributed by atoms with E-state index >= 15 is 0 Å². The lowest BCUT2D eigenvalue weighted by atomic mass is 10.1. The van der Waals surface area contributed by atoms with Crippen LogP contribution in [-0.2, 0) is 6.42 Å². The summed E-state index contributed by atoms with van der Waals surface area (Å²) in [6.07, 6.45) is -2.74. The molecule has 0 aliphatic heterocycles. The lowest BCUT2D eigenvalue weighted by Crippen LogP contribution is -2.44. The van der Waals surface area contributed by atoms with E-state index in [9.17, 15) is 4.79 Å². The molecule has 15 heavy (non-hydrogen) atoms. The third-order valence-electron chi connectivity index (χ3n) is 1.97. The molecule has 0 heterocycles. The Balaban J connectivity index is 2.63. The minimum absolute atomic E-state index is 0.241. The molecule has 82 valence electrons. The van der Waals surface area contributed by atoms with E-state index in [0.717, 1.165) is 5.56 Å². The monoisotopic (exact) mass is 211 g/mol. The Morgan fingerprint density at radius 1 is 1.27 bits per heavy atom. The zero-order chi connectivity index (χ0) is 11.3. The van der Waals surface area contributed by atoms with Crippen LogP contribution in [0.1, 0.15) is 5.56 Å². The van der Waals surface area contributed by atoms with Gasteiger partial charge < -0.3 is 20.6 Å². The molecule has 0 fully saturated rings. The molecule has 1 aromatic rings. The maximum atomic E-state index is 10.4. The number of benzene rings is 1. The van der Waals surface area contributed by atoms with Gasteiger partial charge in [0.05, 0.1) is 6.04 Å². The fourth-order valence-electron chi connectivity index (χ4n) is 1.26. The van der Waals surface area contributed by atoms with Crippen molar-refractivity contribution >= 4 is 6.09 Å². The number of aliphatic hydroxyl groups excluding tert-OH is 1. The van der Waals surface area contributed by atoms with Crippen LogP contribution in [0.4, 0.5) is 4.79 Å². The molecule has 5 nitrogen and oxygen atoms in total. The molecular formula is C10H13NO4. The van der Waals surface area contributed by atoms with E-state index in [1.807, 2.05) is 11.4 Å². The summed E-state index contributed by atoms with van der Waals surface area (Å²) >= 11 is 0. The van der Waals surface area contributed by atoms with Gasteiger partial charge in [-0.1, -0.05) is 30.3 Å². The number of hydrogen-bond donors (Lipinski definition) is 4. The second kappa shape index (κ2) is 5.33. The summed E-state index contributed by atoms with van der Waals surface area (Å²) in [5.41, 5.74) is 0.837. The molecule has 4 N–H and O–H groups in total. The largest absolute Gasteiger partial charge is 0.465 e. The van der Waals surface area contributed by atoms with Gasteiger partial charge in [-0.15, -0.1) is 0 Å². The van der Waals surface area contributed by atoms with Crippen LogP contribution in [-0.4, -0.2) is 33.7 Å². The second-order valence-electron chi connectivity index (χ2n) is 3.16. The summed E-state index contributed by atoms with van der Waals surface area (Å²) in [4.78, 5) is 10.4. The highest BCUT2D eigenvalue weighted by Gasteiger charge is 2.18. The Bertz CT molecular complexity index is 312. The number of rotatable bonds is 4. The lowest BCUT2D eigenvalue weighted by Gasteiger charge is -2.18. The number of nitrogens with one attached hydrogen (secondary N) is 1. The highest BCUT2D eigenvalue weighted by molar-refractivity contribution is 5.64. The Hall–Kier alpha value is -1.59. The van der Waals surface area contributed by atoms with Crippen molar-refractivity contribution in [2.24, 2.45) is 0 Å². The average Bonchev–Trinajstić information content (AvgIpc) is 2.17. The van der Waals surface area contributed by atoms with Gasteiger partial charge in [0.1, 0.15) is 0 Å². The molecule has 0 spiro atoms. The topological polar surface area (TPSA) is 89.8 Å². The van der Waals surface area contributed by atoms with E-state index < -0.39 is 18.4 Å². The van der Waals surface area contributed by atoms with Crippen LogP contribution in [0.15, 0.2) is 30.3 Å². The maximum absolute atomic E-state index is 10.4. The predicted molar refractivity (Wildman–Crippen MR) is 53.3 cm³/mol. The Morgan fingerprint density at radius 3 is 2.33 bits per heavy atom. The molecule has 5 heteroatoms. The fraction of sp³-hybridized carbons (Fsp3) is 0.300. The van der Waals surface area contributed by atoms with Crippen molar-refractivity contribution in [3.63, 3.8) is 0 Å². The van der Waals surface area contributed by atoms with E-state index in [1.165, 1.54) is 0 Å². The van der Waals surface area contributed by atoms with E-state index in [1.54, 1.807) is 24.3 Å². The lowest BCUT2D eigenvalue weighted by molar-refractivity contribution is -0.0651. The first-order chi connectivity index (χ1) is 7.09. The van der Waals surface area contributed by atoms with Crippen molar-refractivity contribution < 1.29 is 20.1 Å². The van der Waals surface area contributed by atoms with Crippen LogP contribution < -0.4 is 5.32 Å². The highest BCUT2D eigenvalue weighted by Crippen LogP contribution is 2.05. The Labute approximate surface area is 87.0 Å². The minimum atomic E-state index is -1.71. The predicted octanol–water partition coefficient (Wildman–Crippen LogP) is 0.176. The summed E-state index contributed by atoms with van der Waals surface area (Å²) < 4.78 is 0. The van der Waals surface area contributed by atoms with Crippen molar-refractivity contribution in [3.8, 4) is 0 Å². The van der Waals surface area contributed by atoms with Crippen LogP contribution >= 0.6 is 0 Å². The number of amides is 1. The molecule has 1 atom stereocenters. The van der Waals surface area contributed by atoms with E-state index in [0.29, 0.717) is 0 Å². The first-order valence-corrected chi connectivity index (χ1v) is 4.49. The van der Waals surface area contributed by atoms with Gasteiger partial charge in [0.15, 0.2) is 6.29 Å². The Kier molecular flexibility index (Phi) is 4.08.